The number of halogens is 3. The maximum atomic E-state index is 13.8. The highest BCUT2D eigenvalue weighted by molar-refractivity contribution is 6.36. The van der Waals surface area contributed by atoms with Crippen LogP contribution >= 0.6 is 23.2 Å². The summed E-state index contributed by atoms with van der Waals surface area (Å²) < 4.78 is 15.4. The van der Waals surface area contributed by atoms with E-state index in [0.29, 0.717) is 32.3 Å². The molecule has 0 saturated heterocycles. The number of rotatable bonds is 2. The highest BCUT2D eigenvalue weighted by atomic mass is 35.5. The van der Waals surface area contributed by atoms with Crippen molar-refractivity contribution in [3.05, 3.63) is 64.0 Å². The molecule has 0 aliphatic carbocycles. The van der Waals surface area contributed by atoms with Crippen molar-refractivity contribution in [2.75, 3.05) is 5.32 Å². The van der Waals surface area contributed by atoms with Gasteiger partial charge < -0.3 is 9.88 Å². The van der Waals surface area contributed by atoms with Crippen LogP contribution in [0.1, 0.15) is 10.5 Å². The molecule has 3 nitrogen and oxygen atoms in total. The van der Waals surface area contributed by atoms with E-state index in [1.165, 1.54) is 12.1 Å². The first-order valence-corrected chi connectivity index (χ1v) is 7.23. The van der Waals surface area contributed by atoms with E-state index in [9.17, 15) is 9.18 Å². The molecule has 0 bridgehead atoms. The predicted molar refractivity (Wildman–Crippen MR) is 87.3 cm³/mol. The van der Waals surface area contributed by atoms with Crippen LogP contribution in [0.25, 0.3) is 10.9 Å². The lowest BCUT2D eigenvalue weighted by Crippen LogP contribution is -2.15. The van der Waals surface area contributed by atoms with Gasteiger partial charge in [-0.15, -0.1) is 0 Å². The van der Waals surface area contributed by atoms with E-state index in [-0.39, 0.29) is 11.7 Å². The summed E-state index contributed by atoms with van der Waals surface area (Å²) in [7, 11) is 1.71. The molecule has 0 spiro atoms. The third kappa shape index (κ3) is 2.56. The van der Waals surface area contributed by atoms with E-state index in [0.717, 1.165) is 0 Å². The number of anilines is 1. The molecule has 1 N–H and O–H groups in total. The molecule has 0 aliphatic rings. The monoisotopic (exact) mass is 336 g/mol. The predicted octanol–water partition coefficient (Wildman–Crippen LogP) is 4.88. The van der Waals surface area contributed by atoms with Gasteiger partial charge in [0.2, 0.25) is 0 Å². The number of aryl methyl sites for hydroxylation is 1. The molecule has 6 heteroatoms. The average molecular weight is 337 g/mol. The summed E-state index contributed by atoms with van der Waals surface area (Å²) in [6.07, 6.45) is 0. The van der Waals surface area contributed by atoms with Crippen molar-refractivity contribution in [3.8, 4) is 0 Å². The Morgan fingerprint density at radius 2 is 1.95 bits per heavy atom. The zero-order valence-electron chi connectivity index (χ0n) is 11.5. The summed E-state index contributed by atoms with van der Waals surface area (Å²) in [6.45, 7) is 0. The minimum absolute atomic E-state index is 0.339. The molecule has 0 radical (unpaired) electrons. The zero-order chi connectivity index (χ0) is 15.9. The lowest BCUT2D eigenvalue weighted by molar-refractivity contribution is 0.102. The van der Waals surface area contributed by atoms with Crippen LogP contribution in [0.2, 0.25) is 10.0 Å². The summed E-state index contributed by atoms with van der Waals surface area (Å²) in [4.78, 5) is 12.4. The van der Waals surface area contributed by atoms with Gasteiger partial charge in [0, 0.05) is 17.5 Å². The molecule has 3 rings (SSSR count). The van der Waals surface area contributed by atoms with Gasteiger partial charge in [0.1, 0.15) is 11.5 Å². The second-order valence-electron chi connectivity index (χ2n) is 4.84. The number of hydrogen-bond donors (Lipinski definition) is 1. The molecule has 0 aliphatic heterocycles. The standard InChI is InChI=1S/C16H11Cl2FN2O/c1-21-14-4-2-3-12(19)10(14)8-15(21)16(22)20-13-6-5-9(17)7-11(13)18/h2-8H,1H3,(H,20,22). The number of fused-ring (bicyclic) bond motifs is 1. The minimum Gasteiger partial charge on any atom is -0.340 e. The second kappa shape index (κ2) is 5.63. The summed E-state index contributed by atoms with van der Waals surface area (Å²) in [5, 5.41) is 3.92. The Morgan fingerprint density at radius 3 is 2.64 bits per heavy atom. The van der Waals surface area contributed by atoms with Crippen molar-refractivity contribution >= 4 is 45.7 Å². The normalized spacial score (nSPS) is 10.9. The maximum Gasteiger partial charge on any atom is 0.272 e. The third-order valence-electron chi connectivity index (χ3n) is 3.45. The average Bonchev–Trinajstić information content (AvgIpc) is 2.81. The Hall–Kier alpha value is -2.04. The molecular weight excluding hydrogens is 326 g/mol. The molecular formula is C16H11Cl2FN2O. The van der Waals surface area contributed by atoms with Crippen LogP contribution in [0.3, 0.4) is 0 Å². The summed E-state index contributed by atoms with van der Waals surface area (Å²) in [5.41, 5.74) is 1.43. The van der Waals surface area contributed by atoms with Crippen LogP contribution in [0, 0.1) is 5.82 Å². The number of amides is 1. The Morgan fingerprint density at radius 1 is 1.18 bits per heavy atom. The van der Waals surface area contributed by atoms with E-state index in [1.54, 1.807) is 41.9 Å². The van der Waals surface area contributed by atoms with E-state index in [2.05, 4.69) is 5.32 Å². The van der Waals surface area contributed by atoms with Crippen molar-refractivity contribution in [1.29, 1.82) is 0 Å². The quantitative estimate of drug-likeness (QED) is 0.711. The van der Waals surface area contributed by atoms with Gasteiger partial charge in [-0.25, -0.2) is 4.39 Å². The van der Waals surface area contributed by atoms with Crippen molar-refractivity contribution in [3.63, 3.8) is 0 Å². The van der Waals surface area contributed by atoms with Crippen molar-refractivity contribution in [2.45, 2.75) is 0 Å². The number of benzene rings is 2. The van der Waals surface area contributed by atoms with Crippen molar-refractivity contribution in [2.24, 2.45) is 7.05 Å². The molecule has 3 aromatic rings. The lowest BCUT2D eigenvalue weighted by Gasteiger charge is -2.08. The highest BCUT2D eigenvalue weighted by Crippen LogP contribution is 2.27. The first-order chi connectivity index (χ1) is 10.5. The fourth-order valence-corrected chi connectivity index (χ4v) is 2.78. The number of hydrogen-bond acceptors (Lipinski definition) is 1. The van der Waals surface area contributed by atoms with Crippen LogP contribution in [-0.4, -0.2) is 10.5 Å². The minimum atomic E-state index is -0.373. The third-order valence-corrected chi connectivity index (χ3v) is 3.99. The molecule has 0 fully saturated rings. The van der Waals surface area contributed by atoms with Crippen LogP contribution in [-0.2, 0) is 7.05 Å². The Labute approximate surface area is 136 Å². The molecule has 0 unspecified atom stereocenters. The number of aromatic nitrogens is 1. The van der Waals surface area contributed by atoms with Crippen molar-refractivity contribution in [1.82, 2.24) is 4.57 Å². The van der Waals surface area contributed by atoms with Crippen LogP contribution < -0.4 is 5.32 Å². The zero-order valence-corrected chi connectivity index (χ0v) is 13.0. The fourth-order valence-electron chi connectivity index (χ4n) is 2.32. The van der Waals surface area contributed by atoms with E-state index < -0.39 is 0 Å². The Kier molecular flexibility index (Phi) is 3.81. The van der Waals surface area contributed by atoms with Gasteiger partial charge in [0.25, 0.3) is 5.91 Å². The maximum absolute atomic E-state index is 13.8. The van der Waals surface area contributed by atoms with Gasteiger partial charge in [0.15, 0.2) is 0 Å². The summed E-state index contributed by atoms with van der Waals surface area (Å²) >= 11 is 11.9. The largest absolute Gasteiger partial charge is 0.340 e. The molecule has 1 aromatic heterocycles. The van der Waals surface area contributed by atoms with Gasteiger partial charge >= 0.3 is 0 Å². The molecule has 1 heterocycles. The summed E-state index contributed by atoms with van der Waals surface area (Å²) in [5.74, 6) is -0.737. The van der Waals surface area contributed by atoms with Gasteiger partial charge in [0.05, 0.1) is 16.2 Å². The Bertz CT molecular complexity index is 889. The van der Waals surface area contributed by atoms with Crippen LogP contribution in [0.4, 0.5) is 10.1 Å². The fraction of sp³-hybridized carbons (Fsp3) is 0.0625. The van der Waals surface area contributed by atoms with Gasteiger partial charge in [-0.05, 0) is 36.4 Å². The number of nitrogens with zero attached hydrogens (tertiary/aromatic N) is 1. The topological polar surface area (TPSA) is 34.0 Å². The van der Waals surface area contributed by atoms with E-state index in [4.69, 9.17) is 23.2 Å². The van der Waals surface area contributed by atoms with Crippen molar-refractivity contribution < 1.29 is 9.18 Å². The number of nitrogens with one attached hydrogen (secondary N) is 1. The molecule has 2 aromatic carbocycles. The molecule has 1 amide bonds. The molecule has 22 heavy (non-hydrogen) atoms. The highest BCUT2D eigenvalue weighted by Gasteiger charge is 2.16. The van der Waals surface area contributed by atoms with Gasteiger partial charge in [-0.1, -0.05) is 29.3 Å². The molecule has 0 saturated carbocycles. The first-order valence-electron chi connectivity index (χ1n) is 6.47. The lowest BCUT2D eigenvalue weighted by atomic mass is 10.2. The van der Waals surface area contributed by atoms with Crippen LogP contribution in [0.5, 0.6) is 0 Å². The summed E-state index contributed by atoms with van der Waals surface area (Å²) in [6, 6.07) is 11.0. The number of carbonyl (C=O) groups is 1. The Balaban J connectivity index is 1.99. The van der Waals surface area contributed by atoms with E-state index >= 15 is 0 Å². The SMILES string of the molecule is Cn1c(C(=O)Nc2ccc(Cl)cc2Cl)cc2c(F)cccc21. The van der Waals surface area contributed by atoms with E-state index in [1.807, 2.05) is 0 Å². The molecule has 112 valence electrons. The first kappa shape index (κ1) is 14.9. The van der Waals surface area contributed by atoms with Gasteiger partial charge in [-0.3, -0.25) is 4.79 Å². The second-order valence-corrected chi connectivity index (χ2v) is 5.68. The smallest absolute Gasteiger partial charge is 0.272 e. The molecule has 0 atom stereocenters. The number of carbonyl (C=O) groups excluding carboxylic acids is 1. The van der Waals surface area contributed by atoms with Crippen LogP contribution in [0.15, 0.2) is 42.5 Å². The van der Waals surface area contributed by atoms with Gasteiger partial charge in [-0.2, -0.15) is 0 Å².